The molecular weight excluding hydrogens is 362 g/mol. The van der Waals surface area contributed by atoms with Crippen molar-refractivity contribution in [2.45, 2.75) is 20.4 Å². The summed E-state index contributed by atoms with van der Waals surface area (Å²) in [6, 6.07) is 18.3. The van der Waals surface area contributed by atoms with Gasteiger partial charge in [0.2, 0.25) is 5.78 Å². The second-order valence-corrected chi connectivity index (χ2v) is 6.80. The zero-order valence-electron chi connectivity index (χ0n) is 15.2. The first-order valence-corrected chi connectivity index (χ1v) is 9.00. The van der Waals surface area contributed by atoms with Gasteiger partial charge >= 0.3 is 5.97 Å². The molecule has 0 fully saturated rings. The van der Waals surface area contributed by atoms with Crippen LogP contribution in [-0.2, 0) is 11.3 Å². The number of aryl methyl sites for hydroxylation is 1. The maximum atomic E-state index is 12.6. The lowest BCUT2D eigenvalue weighted by Gasteiger charge is -2.10. The van der Waals surface area contributed by atoms with E-state index in [1.807, 2.05) is 50.2 Å². The molecule has 0 aliphatic carbocycles. The van der Waals surface area contributed by atoms with Crippen molar-refractivity contribution in [2.24, 2.45) is 0 Å². The molecule has 1 aromatic heterocycles. The number of rotatable bonds is 6. The fourth-order valence-corrected chi connectivity index (χ4v) is 3.10. The molecule has 3 aromatic rings. The molecule has 0 aliphatic rings. The van der Waals surface area contributed by atoms with Gasteiger partial charge in [0.05, 0.1) is 5.56 Å². The summed E-state index contributed by atoms with van der Waals surface area (Å²) >= 11 is 5.81. The molecule has 1 heterocycles. The van der Waals surface area contributed by atoms with Crippen molar-refractivity contribution < 1.29 is 14.3 Å². The second-order valence-electron chi connectivity index (χ2n) is 6.36. The molecule has 5 heteroatoms. The maximum absolute atomic E-state index is 12.6. The summed E-state index contributed by atoms with van der Waals surface area (Å²) in [7, 11) is 0. The highest BCUT2D eigenvalue weighted by Gasteiger charge is 2.18. The molecule has 0 atom stereocenters. The molecule has 0 saturated carbocycles. The third-order valence-electron chi connectivity index (χ3n) is 4.47. The number of hydrogen-bond donors (Lipinski definition) is 0. The number of carbonyl (C=O) groups is 2. The average Bonchev–Trinajstić information content (AvgIpc) is 2.95. The lowest BCUT2D eigenvalue weighted by molar-refractivity contribution is 0.0474. The average molecular weight is 382 g/mol. The van der Waals surface area contributed by atoms with Crippen molar-refractivity contribution >= 4 is 23.4 Å². The molecule has 2 aromatic carbocycles. The van der Waals surface area contributed by atoms with Gasteiger partial charge in [-0.3, -0.25) is 4.79 Å². The standard InChI is InChI=1S/C22H20ClNO3/c1-15-12-20(16(2)24(15)13-17-6-4-3-5-7-17)21(25)14-27-22(26)18-8-10-19(23)11-9-18/h3-12H,13-14H2,1-2H3. The number of ether oxygens (including phenoxy) is 1. The summed E-state index contributed by atoms with van der Waals surface area (Å²) < 4.78 is 7.25. The summed E-state index contributed by atoms with van der Waals surface area (Å²) in [5, 5.41) is 0.536. The fraction of sp³-hybridized carbons (Fsp3) is 0.182. The Morgan fingerprint density at radius 1 is 1.00 bits per heavy atom. The first-order chi connectivity index (χ1) is 13.0. The minimum absolute atomic E-state index is 0.218. The van der Waals surface area contributed by atoms with Gasteiger partial charge in [0.15, 0.2) is 6.61 Å². The number of nitrogens with zero attached hydrogens (tertiary/aromatic N) is 1. The molecule has 0 aliphatic heterocycles. The highest BCUT2D eigenvalue weighted by atomic mass is 35.5. The Hall–Kier alpha value is -2.85. The van der Waals surface area contributed by atoms with Crippen molar-refractivity contribution in [1.29, 1.82) is 0 Å². The van der Waals surface area contributed by atoms with Crippen molar-refractivity contribution in [3.8, 4) is 0 Å². The van der Waals surface area contributed by atoms with E-state index in [9.17, 15) is 9.59 Å². The van der Waals surface area contributed by atoms with Gasteiger partial charge < -0.3 is 9.30 Å². The predicted molar refractivity (Wildman–Crippen MR) is 106 cm³/mol. The van der Waals surface area contributed by atoms with E-state index < -0.39 is 5.97 Å². The molecule has 0 radical (unpaired) electrons. The Kier molecular flexibility index (Phi) is 5.77. The van der Waals surface area contributed by atoms with Crippen LogP contribution in [0.2, 0.25) is 5.02 Å². The quantitative estimate of drug-likeness (QED) is 0.453. The Labute approximate surface area is 163 Å². The van der Waals surface area contributed by atoms with E-state index in [2.05, 4.69) is 4.57 Å². The van der Waals surface area contributed by atoms with E-state index in [1.165, 1.54) is 0 Å². The molecule has 0 spiro atoms. The molecular formula is C22H20ClNO3. The number of aromatic nitrogens is 1. The minimum atomic E-state index is -0.543. The largest absolute Gasteiger partial charge is 0.454 e. The van der Waals surface area contributed by atoms with Crippen LogP contribution in [0.5, 0.6) is 0 Å². The molecule has 27 heavy (non-hydrogen) atoms. The lowest BCUT2D eigenvalue weighted by atomic mass is 10.1. The van der Waals surface area contributed by atoms with Crippen LogP contribution >= 0.6 is 11.6 Å². The molecule has 0 N–H and O–H groups in total. The van der Waals surface area contributed by atoms with E-state index in [0.29, 0.717) is 22.7 Å². The number of esters is 1. The van der Waals surface area contributed by atoms with Crippen LogP contribution in [0.1, 0.15) is 37.7 Å². The van der Waals surface area contributed by atoms with E-state index in [-0.39, 0.29) is 12.4 Å². The Bertz CT molecular complexity index is 959. The maximum Gasteiger partial charge on any atom is 0.338 e. The van der Waals surface area contributed by atoms with Crippen molar-refractivity contribution in [1.82, 2.24) is 4.57 Å². The summed E-state index contributed by atoms with van der Waals surface area (Å²) in [4.78, 5) is 24.6. The molecule has 0 bridgehead atoms. The molecule has 0 saturated heterocycles. The van der Waals surface area contributed by atoms with Crippen LogP contribution in [0, 0.1) is 13.8 Å². The first kappa shape index (κ1) is 18.9. The molecule has 3 rings (SSSR count). The Balaban J connectivity index is 1.69. The highest BCUT2D eigenvalue weighted by molar-refractivity contribution is 6.30. The highest BCUT2D eigenvalue weighted by Crippen LogP contribution is 2.18. The van der Waals surface area contributed by atoms with Crippen LogP contribution in [-0.4, -0.2) is 22.9 Å². The van der Waals surface area contributed by atoms with Gasteiger partial charge in [-0.15, -0.1) is 0 Å². The topological polar surface area (TPSA) is 48.3 Å². The van der Waals surface area contributed by atoms with Gasteiger partial charge in [-0.05, 0) is 49.7 Å². The SMILES string of the molecule is Cc1cc(C(=O)COC(=O)c2ccc(Cl)cc2)c(C)n1Cc1ccccc1. The number of halogens is 1. The molecule has 0 amide bonds. The van der Waals surface area contributed by atoms with E-state index in [0.717, 1.165) is 17.0 Å². The smallest absolute Gasteiger partial charge is 0.338 e. The predicted octanol–water partition coefficient (Wildman–Crippen LogP) is 4.85. The van der Waals surface area contributed by atoms with Crippen LogP contribution in [0.15, 0.2) is 60.7 Å². The number of Topliss-reactive ketones (excluding diaryl/α,β-unsaturated/α-hetero) is 1. The number of ketones is 1. The van der Waals surface area contributed by atoms with Gasteiger partial charge in [0.1, 0.15) is 0 Å². The monoisotopic (exact) mass is 381 g/mol. The van der Waals surface area contributed by atoms with E-state index in [1.54, 1.807) is 24.3 Å². The number of carbonyl (C=O) groups excluding carboxylic acids is 2. The van der Waals surface area contributed by atoms with Gasteiger partial charge in [-0.2, -0.15) is 0 Å². The lowest BCUT2D eigenvalue weighted by Crippen LogP contribution is -2.15. The summed E-state index contributed by atoms with van der Waals surface area (Å²) in [6.45, 7) is 4.27. The van der Waals surface area contributed by atoms with Crippen LogP contribution in [0.4, 0.5) is 0 Å². The Morgan fingerprint density at radius 3 is 2.33 bits per heavy atom. The fourth-order valence-electron chi connectivity index (χ4n) is 2.97. The number of hydrogen-bond acceptors (Lipinski definition) is 3. The minimum Gasteiger partial charge on any atom is -0.454 e. The van der Waals surface area contributed by atoms with Gasteiger partial charge in [0, 0.05) is 28.5 Å². The van der Waals surface area contributed by atoms with Gasteiger partial charge in [-0.1, -0.05) is 41.9 Å². The van der Waals surface area contributed by atoms with E-state index >= 15 is 0 Å². The van der Waals surface area contributed by atoms with Crippen molar-refractivity contribution in [2.75, 3.05) is 6.61 Å². The molecule has 138 valence electrons. The Morgan fingerprint density at radius 2 is 1.67 bits per heavy atom. The second kappa shape index (κ2) is 8.23. The first-order valence-electron chi connectivity index (χ1n) is 8.62. The van der Waals surface area contributed by atoms with E-state index in [4.69, 9.17) is 16.3 Å². The van der Waals surface area contributed by atoms with Crippen molar-refractivity contribution in [3.63, 3.8) is 0 Å². The normalized spacial score (nSPS) is 10.6. The van der Waals surface area contributed by atoms with Crippen molar-refractivity contribution in [3.05, 3.63) is 93.8 Å². The van der Waals surface area contributed by atoms with Gasteiger partial charge in [0.25, 0.3) is 0 Å². The van der Waals surface area contributed by atoms with Gasteiger partial charge in [-0.25, -0.2) is 4.79 Å². The third-order valence-corrected chi connectivity index (χ3v) is 4.72. The summed E-state index contributed by atoms with van der Waals surface area (Å²) in [5.41, 5.74) is 3.95. The molecule has 0 unspecified atom stereocenters. The zero-order chi connectivity index (χ0) is 19.4. The summed E-state index contributed by atoms with van der Waals surface area (Å²) in [5.74, 6) is -0.761. The zero-order valence-corrected chi connectivity index (χ0v) is 16.0. The number of benzene rings is 2. The van der Waals surface area contributed by atoms with Crippen LogP contribution in [0.3, 0.4) is 0 Å². The van der Waals surface area contributed by atoms with Crippen LogP contribution in [0.25, 0.3) is 0 Å². The molecule has 4 nitrogen and oxygen atoms in total. The van der Waals surface area contributed by atoms with Crippen LogP contribution < -0.4 is 0 Å². The summed E-state index contributed by atoms with van der Waals surface area (Å²) in [6.07, 6.45) is 0. The third kappa shape index (κ3) is 4.47.